The number of amides is 2. The molecule has 48 heavy (non-hydrogen) atoms. The number of hydrogen-bond acceptors (Lipinski definition) is 6. The number of hydrogen-bond donors (Lipinski definition) is 1. The number of pyridine rings is 1. The molecule has 0 radical (unpaired) electrons. The van der Waals surface area contributed by atoms with Gasteiger partial charge in [-0.25, -0.2) is 4.98 Å². The van der Waals surface area contributed by atoms with Gasteiger partial charge in [-0.05, 0) is 79.0 Å². The van der Waals surface area contributed by atoms with E-state index in [1.807, 2.05) is 41.1 Å². The molecule has 3 aromatic heterocycles. The molecule has 5 heterocycles. The first kappa shape index (κ1) is 29.4. The molecule has 246 valence electrons. The molecule has 9 rings (SSSR count). The average molecular weight is 644 g/mol. The second-order valence-electron chi connectivity index (χ2n) is 14.4. The molecule has 5 aromatic rings. The standard InChI is InChI=1S/C38H41N7O3/c1-42-36-29(15-26(17-32(36)48-2)38(47)45-21-25-8-9-30(45)34(25)39)41-37(42)31-16-24-4-3-5-28(35(24)44(31)18-23-6-7-23)27-19-43(20-27)33(46)14-22-10-12-40-13-11-22/h3-5,10-13,15-17,23,25,27,30,34H,6-9,14,18-21,39H2,1-2H3/t25-,30-,34-/m1/s1. The minimum absolute atomic E-state index is 0.00587. The molecular weight excluding hydrogens is 602 g/mol. The zero-order valence-electron chi connectivity index (χ0n) is 27.5. The van der Waals surface area contributed by atoms with Gasteiger partial charge in [0.05, 0.1) is 30.3 Å². The van der Waals surface area contributed by atoms with Gasteiger partial charge in [-0.2, -0.15) is 0 Å². The van der Waals surface area contributed by atoms with Gasteiger partial charge < -0.3 is 29.4 Å². The van der Waals surface area contributed by atoms with Gasteiger partial charge in [-0.1, -0.05) is 18.2 Å². The van der Waals surface area contributed by atoms with Gasteiger partial charge in [0.15, 0.2) is 5.82 Å². The molecule has 2 N–H and O–H groups in total. The van der Waals surface area contributed by atoms with E-state index in [-0.39, 0.29) is 29.8 Å². The highest BCUT2D eigenvalue weighted by molar-refractivity contribution is 6.00. The highest BCUT2D eigenvalue weighted by Crippen LogP contribution is 2.42. The lowest BCUT2D eigenvalue weighted by atomic mass is 9.89. The molecule has 2 aliphatic heterocycles. The average Bonchev–Trinajstić information content (AvgIpc) is 3.46. The summed E-state index contributed by atoms with van der Waals surface area (Å²) in [4.78, 5) is 40.1. The van der Waals surface area contributed by atoms with Crippen molar-refractivity contribution < 1.29 is 14.3 Å². The summed E-state index contributed by atoms with van der Waals surface area (Å²) in [7, 11) is 3.69. The number of para-hydroxylation sites is 1. The van der Waals surface area contributed by atoms with Crippen molar-refractivity contribution in [2.75, 3.05) is 26.7 Å². The van der Waals surface area contributed by atoms with Crippen LogP contribution in [-0.4, -0.2) is 79.5 Å². The van der Waals surface area contributed by atoms with Crippen molar-refractivity contribution in [1.29, 1.82) is 0 Å². The van der Waals surface area contributed by atoms with Crippen LogP contribution in [0.4, 0.5) is 0 Å². The predicted molar refractivity (Wildman–Crippen MR) is 184 cm³/mol. The summed E-state index contributed by atoms with van der Waals surface area (Å²) in [6.45, 7) is 3.09. The SMILES string of the molecule is COc1cc(C(=O)N2C[C@H]3CC[C@@H]2[C@@H]3N)cc2nc(-c3cc4cccc(C5CN(C(=O)Cc6ccncc6)C5)c4n3CC3CC3)n(C)c12. The zero-order chi connectivity index (χ0) is 32.7. The number of aromatic nitrogens is 4. The molecule has 0 unspecified atom stereocenters. The van der Waals surface area contributed by atoms with Crippen molar-refractivity contribution in [2.45, 2.75) is 56.7 Å². The van der Waals surface area contributed by atoms with E-state index in [0.29, 0.717) is 29.6 Å². The molecule has 10 heteroatoms. The van der Waals surface area contributed by atoms with Crippen LogP contribution in [-0.2, 0) is 24.8 Å². The van der Waals surface area contributed by atoms with E-state index < -0.39 is 0 Å². The van der Waals surface area contributed by atoms with Crippen molar-refractivity contribution in [3.8, 4) is 17.3 Å². The highest BCUT2D eigenvalue weighted by Gasteiger charge is 2.47. The van der Waals surface area contributed by atoms with Crippen LogP contribution in [0.2, 0.25) is 0 Å². The molecule has 2 aromatic carbocycles. The third-order valence-corrected chi connectivity index (χ3v) is 11.4. The largest absolute Gasteiger partial charge is 0.494 e. The lowest BCUT2D eigenvalue weighted by molar-refractivity contribution is -0.134. The maximum Gasteiger partial charge on any atom is 0.254 e. The molecule has 10 nitrogen and oxygen atoms in total. The lowest BCUT2D eigenvalue weighted by Gasteiger charge is -2.40. The van der Waals surface area contributed by atoms with Crippen molar-refractivity contribution in [3.05, 3.63) is 77.6 Å². The number of imidazole rings is 1. The van der Waals surface area contributed by atoms with E-state index in [0.717, 1.165) is 67.1 Å². The Labute approximate surface area is 279 Å². The molecule has 0 spiro atoms. The van der Waals surface area contributed by atoms with Crippen LogP contribution in [0, 0.1) is 11.8 Å². The fourth-order valence-corrected chi connectivity index (χ4v) is 8.55. The monoisotopic (exact) mass is 643 g/mol. The summed E-state index contributed by atoms with van der Waals surface area (Å²) < 4.78 is 10.5. The topological polar surface area (TPSA) is 112 Å². The first-order valence-corrected chi connectivity index (χ1v) is 17.3. The molecule has 4 aliphatic rings. The number of carbonyl (C=O) groups is 2. The molecule has 2 aliphatic carbocycles. The normalized spacial score (nSPS) is 22.2. The van der Waals surface area contributed by atoms with Gasteiger partial charge in [0.1, 0.15) is 11.3 Å². The van der Waals surface area contributed by atoms with Crippen LogP contribution < -0.4 is 10.5 Å². The third-order valence-electron chi connectivity index (χ3n) is 11.4. The second-order valence-corrected chi connectivity index (χ2v) is 14.4. The van der Waals surface area contributed by atoms with Crippen LogP contribution in [0.1, 0.15) is 53.1 Å². The highest BCUT2D eigenvalue weighted by atomic mass is 16.5. The quantitative estimate of drug-likeness (QED) is 0.262. The molecule has 2 bridgehead atoms. The lowest BCUT2D eigenvalue weighted by Crippen LogP contribution is -2.49. The fraction of sp³-hybridized carbons (Fsp3) is 0.421. The summed E-state index contributed by atoms with van der Waals surface area (Å²) in [5.74, 6) is 2.96. The van der Waals surface area contributed by atoms with Gasteiger partial charge in [0.25, 0.3) is 5.91 Å². The predicted octanol–water partition coefficient (Wildman–Crippen LogP) is 4.74. The van der Waals surface area contributed by atoms with Crippen molar-refractivity contribution in [1.82, 2.24) is 28.9 Å². The van der Waals surface area contributed by atoms with Crippen LogP contribution >= 0.6 is 0 Å². The Balaban J connectivity index is 1.07. The van der Waals surface area contributed by atoms with Crippen LogP contribution in [0.5, 0.6) is 5.75 Å². The number of benzene rings is 2. The number of likely N-dealkylation sites (tertiary alicyclic amines) is 2. The molecule has 3 atom stereocenters. The first-order valence-electron chi connectivity index (χ1n) is 17.3. The Morgan fingerprint density at radius 3 is 2.50 bits per heavy atom. The Bertz CT molecular complexity index is 2070. The van der Waals surface area contributed by atoms with Crippen LogP contribution in [0.25, 0.3) is 33.5 Å². The van der Waals surface area contributed by atoms with E-state index >= 15 is 0 Å². The van der Waals surface area contributed by atoms with E-state index in [9.17, 15) is 9.59 Å². The van der Waals surface area contributed by atoms with Gasteiger partial charge in [0.2, 0.25) is 5.91 Å². The summed E-state index contributed by atoms with van der Waals surface area (Å²) in [6, 6.07) is 16.6. The summed E-state index contributed by atoms with van der Waals surface area (Å²) in [6.07, 6.45) is 8.40. The number of piperidine rings is 1. The number of rotatable bonds is 8. The Hall–Kier alpha value is -4.70. The number of methoxy groups -OCH3 is 1. The van der Waals surface area contributed by atoms with E-state index in [4.69, 9.17) is 15.5 Å². The smallest absolute Gasteiger partial charge is 0.254 e. The first-order chi connectivity index (χ1) is 23.4. The second kappa shape index (κ2) is 11.2. The molecule has 4 fully saturated rings. The summed E-state index contributed by atoms with van der Waals surface area (Å²) in [5.41, 5.74) is 13.2. The van der Waals surface area contributed by atoms with Crippen molar-refractivity contribution in [3.63, 3.8) is 0 Å². The Morgan fingerprint density at radius 2 is 1.79 bits per heavy atom. The van der Waals surface area contributed by atoms with Gasteiger partial charge in [-0.3, -0.25) is 14.6 Å². The zero-order valence-corrected chi connectivity index (χ0v) is 27.5. The van der Waals surface area contributed by atoms with E-state index in [1.54, 1.807) is 19.5 Å². The Morgan fingerprint density at radius 1 is 0.979 bits per heavy atom. The van der Waals surface area contributed by atoms with Crippen molar-refractivity contribution in [2.24, 2.45) is 24.6 Å². The van der Waals surface area contributed by atoms with Gasteiger partial charge in [-0.15, -0.1) is 0 Å². The number of carbonyl (C=O) groups excluding carboxylic acids is 2. The minimum atomic E-state index is 0.00587. The van der Waals surface area contributed by atoms with Crippen LogP contribution in [0.3, 0.4) is 0 Å². The number of nitrogens with zero attached hydrogens (tertiary/aromatic N) is 6. The number of aryl methyl sites for hydroxylation is 1. The summed E-state index contributed by atoms with van der Waals surface area (Å²) >= 11 is 0. The number of nitrogens with two attached hydrogens (primary N) is 1. The molecule has 2 amide bonds. The molecular formula is C38H41N7O3. The van der Waals surface area contributed by atoms with E-state index in [1.165, 1.54) is 29.3 Å². The fourth-order valence-electron chi connectivity index (χ4n) is 8.55. The third kappa shape index (κ3) is 4.71. The van der Waals surface area contributed by atoms with Crippen molar-refractivity contribution >= 4 is 33.8 Å². The maximum absolute atomic E-state index is 13.8. The molecule has 2 saturated carbocycles. The minimum Gasteiger partial charge on any atom is -0.494 e. The van der Waals surface area contributed by atoms with Gasteiger partial charge in [0, 0.05) is 74.6 Å². The number of ether oxygens (including phenoxy) is 1. The maximum atomic E-state index is 13.8. The van der Waals surface area contributed by atoms with Gasteiger partial charge >= 0.3 is 0 Å². The van der Waals surface area contributed by atoms with Crippen LogP contribution in [0.15, 0.2) is 60.9 Å². The number of fused-ring (bicyclic) bond motifs is 4. The summed E-state index contributed by atoms with van der Waals surface area (Å²) in [5, 5.41) is 1.18. The van der Waals surface area contributed by atoms with E-state index in [2.05, 4.69) is 38.4 Å². The Kier molecular flexibility index (Phi) is 6.86. The molecule has 2 saturated heterocycles.